The third-order valence-electron chi connectivity index (χ3n) is 4.00. The summed E-state index contributed by atoms with van der Waals surface area (Å²) in [5, 5.41) is 0. The number of halogens is 2. The van der Waals surface area contributed by atoms with Gasteiger partial charge >= 0.3 is 0 Å². The number of rotatable bonds is 4. The summed E-state index contributed by atoms with van der Waals surface area (Å²) in [6.45, 7) is 0.644. The first-order valence-corrected chi connectivity index (χ1v) is 7.22. The Bertz CT molecular complexity index is 616. The molecular weight excluding hydrogens is 286 g/mol. The van der Waals surface area contributed by atoms with Crippen LogP contribution in [0.15, 0.2) is 48.7 Å². The fourth-order valence-electron chi connectivity index (χ4n) is 2.89. The fraction of sp³-hybridized carbons (Fsp3) is 0.353. The van der Waals surface area contributed by atoms with Crippen LogP contribution in [0.2, 0.25) is 0 Å². The van der Waals surface area contributed by atoms with E-state index in [1.807, 2.05) is 30.3 Å². The zero-order valence-electron chi connectivity index (χ0n) is 12.4. The lowest BCUT2D eigenvalue weighted by Crippen LogP contribution is -2.26. The van der Waals surface area contributed by atoms with Crippen molar-refractivity contribution in [2.75, 3.05) is 20.2 Å². The number of ether oxygens (including phenoxy) is 1. The van der Waals surface area contributed by atoms with Crippen LogP contribution in [-0.4, -0.2) is 36.0 Å². The molecule has 3 rings (SSSR count). The molecule has 5 heteroatoms. The van der Waals surface area contributed by atoms with Gasteiger partial charge in [-0.25, -0.2) is 13.8 Å². The van der Waals surface area contributed by atoms with Crippen molar-refractivity contribution in [2.24, 2.45) is 0 Å². The molecule has 0 bridgehead atoms. The van der Waals surface area contributed by atoms with E-state index in [9.17, 15) is 8.78 Å². The van der Waals surface area contributed by atoms with E-state index in [1.165, 1.54) is 13.3 Å². The van der Waals surface area contributed by atoms with Crippen LogP contribution in [0, 0.1) is 0 Å². The second-order valence-corrected chi connectivity index (χ2v) is 5.60. The number of aromatic nitrogens is 1. The summed E-state index contributed by atoms with van der Waals surface area (Å²) in [4.78, 5) is 5.84. The minimum atomic E-state index is -2.74. The molecule has 0 N–H and O–H groups in total. The molecule has 3 nitrogen and oxygen atoms in total. The van der Waals surface area contributed by atoms with Crippen LogP contribution in [-0.2, 0) is 6.54 Å². The first-order valence-electron chi connectivity index (χ1n) is 7.22. The van der Waals surface area contributed by atoms with Gasteiger partial charge in [0.25, 0.3) is 5.92 Å². The van der Waals surface area contributed by atoms with Gasteiger partial charge in [0.1, 0.15) is 0 Å². The molecule has 2 heterocycles. The van der Waals surface area contributed by atoms with E-state index in [1.54, 1.807) is 17.0 Å². The molecule has 2 aromatic rings. The highest BCUT2D eigenvalue weighted by atomic mass is 19.3. The molecule has 22 heavy (non-hydrogen) atoms. The topological polar surface area (TPSA) is 25.4 Å². The fourth-order valence-corrected chi connectivity index (χ4v) is 2.89. The third-order valence-corrected chi connectivity index (χ3v) is 4.00. The predicted octanol–water partition coefficient (Wildman–Crippen LogP) is 3.32. The van der Waals surface area contributed by atoms with Crippen molar-refractivity contribution in [3.05, 3.63) is 59.8 Å². The summed E-state index contributed by atoms with van der Waals surface area (Å²) in [5.41, 5.74) is 1.60. The zero-order valence-corrected chi connectivity index (χ0v) is 12.4. The monoisotopic (exact) mass is 304 g/mol. The second kappa shape index (κ2) is 6.01. The van der Waals surface area contributed by atoms with Gasteiger partial charge in [-0.05, 0) is 11.1 Å². The molecule has 1 fully saturated rings. The first-order chi connectivity index (χ1) is 10.6. The number of benzene rings is 1. The van der Waals surface area contributed by atoms with Crippen LogP contribution in [0.25, 0.3) is 0 Å². The number of likely N-dealkylation sites (tertiary alicyclic amines) is 1. The maximum atomic E-state index is 14.3. The number of alkyl halides is 2. The lowest BCUT2D eigenvalue weighted by atomic mass is 9.97. The smallest absolute Gasteiger partial charge is 0.268 e. The second-order valence-electron chi connectivity index (χ2n) is 5.60. The first kappa shape index (κ1) is 14.9. The summed E-state index contributed by atoms with van der Waals surface area (Å²) < 4.78 is 33.6. The Hall–Kier alpha value is -2.01. The molecule has 0 radical (unpaired) electrons. The van der Waals surface area contributed by atoms with Crippen molar-refractivity contribution >= 4 is 0 Å². The van der Waals surface area contributed by atoms with Gasteiger partial charge in [-0.15, -0.1) is 0 Å². The van der Waals surface area contributed by atoms with Crippen LogP contribution in [0.1, 0.15) is 17.0 Å². The van der Waals surface area contributed by atoms with Gasteiger partial charge in [-0.1, -0.05) is 36.4 Å². The van der Waals surface area contributed by atoms with Crippen LogP contribution in [0.5, 0.6) is 5.88 Å². The highest BCUT2D eigenvalue weighted by molar-refractivity contribution is 5.26. The van der Waals surface area contributed by atoms with E-state index in [0.29, 0.717) is 24.5 Å². The van der Waals surface area contributed by atoms with Crippen molar-refractivity contribution in [1.29, 1.82) is 0 Å². The Morgan fingerprint density at radius 3 is 2.64 bits per heavy atom. The van der Waals surface area contributed by atoms with E-state index >= 15 is 0 Å². The average Bonchev–Trinajstić information content (AvgIpc) is 2.82. The van der Waals surface area contributed by atoms with Gasteiger partial charge in [-0.2, -0.15) is 0 Å². The number of hydrogen-bond donors (Lipinski definition) is 0. The van der Waals surface area contributed by atoms with Crippen LogP contribution >= 0.6 is 0 Å². The maximum absolute atomic E-state index is 14.3. The summed E-state index contributed by atoms with van der Waals surface area (Å²) in [7, 11) is 1.51. The Labute approximate surface area is 128 Å². The predicted molar refractivity (Wildman–Crippen MR) is 80.2 cm³/mol. The molecule has 1 saturated heterocycles. The van der Waals surface area contributed by atoms with Gasteiger partial charge < -0.3 is 4.74 Å². The minimum Gasteiger partial charge on any atom is -0.481 e. The number of pyridine rings is 1. The summed E-state index contributed by atoms with van der Waals surface area (Å²) >= 11 is 0. The quantitative estimate of drug-likeness (QED) is 0.866. The van der Waals surface area contributed by atoms with Gasteiger partial charge in [0.2, 0.25) is 5.88 Å². The van der Waals surface area contributed by atoms with Crippen molar-refractivity contribution in [3.8, 4) is 5.88 Å². The van der Waals surface area contributed by atoms with Crippen molar-refractivity contribution in [1.82, 2.24) is 9.88 Å². The molecule has 0 saturated carbocycles. The number of methoxy groups -OCH3 is 1. The Balaban J connectivity index is 1.74. The molecule has 1 aliphatic heterocycles. The lowest BCUT2D eigenvalue weighted by molar-refractivity contribution is -0.00354. The van der Waals surface area contributed by atoms with Crippen LogP contribution in [0.3, 0.4) is 0 Å². The number of nitrogens with zero attached hydrogens (tertiary/aromatic N) is 2. The van der Waals surface area contributed by atoms with Gasteiger partial charge in [-0.3, -0.25) is 4.90 Å². The van der Waals surface area contributed by atoms with E-state index in [-0.39, 0.29) is 6.54 Å². The Kier molecular flexibility index (Phi) is 4.07. The minimum absolute atomic E-state index is 0.224. The van der Waals surface area contributed by atoms with Crippen LogP contribution in [0.4, 0.5) is 8.78 Å². The largest absolute Gasteiger partial charge is 0.481 e. The summed E-state index contributed by atoms with van der Waals surface area (Å²) in [5.74, 6) is -3.13. The van der Waals surface area contributed by atoms with E-state index < -0.39 is 11.8 Å². The normalized spacial score (nSPS) is 21.0. The standard InChI is InChI=1S/C17H18F2N2O/c1-22-16-8-7-14(9-20-16)15-11-21(12-17(15,18)19)10-13-5-3-2-4-6-13/h2-9,15H,10-12H2,1H3. The van der Waals surface area contributed by atoms with E-state index in [0.717, 1.165) is 5.56 Å². The average molecular weight is 304 g/mol. The molecule has 0 spiro atoms. The van der Waals surface area contributed by atoms with Gasteiger partial charge in [0.05, 0.1) is 19.6 Å². The SMILES string of the molecule is COc1ccc(C2CN(Cc3ccccc3)CC2(F)F)cn1. The highest BCUT2D eigenvalue weighted by Gasteiger charge is 2.48. The molecule has 1 aliphatic rings. The highest BCUT2D eigenvalue weighted by Crippen LogP contribution is 2.40. The van der Waals surface area contributed by atoms with Crippen molar-refractivity contribution in [3.63, 3.8) is 0 Å². The third kappa shape index (κ3) is 3.09. The molecular formula is C17H18F2N2O. The Morgan fingerprint density at radius 1 is 1.23 bits per heavy atom. The molecule has 1 unspecified atom stereocenters. The Morgan fingerprint density at radius 2 is 2.00 bits per heavy atom. The van der Waals surface area contributed by atoms with Crippen molar-refractivity contribution < 1.29 is 13.5 Å². The lowest BCUT2D eigenvalue weighted by Gasteiger charge is -2.17. The van der Waals surface area contributed by atoms with E-state index in [4.69, 9.17) is 4.74 Å². The molecule has 0 amide bonds. The number of hydrogen-bond acceptors (Lipinski definition) is 3. The van der Waals surface area contributed by atoms with Crippen LogP contribution < -0.4 is 4.74 Å². The van der Waals surface area contributed by atoms with Gasteiger partial charge in [0, 0.05) is 25.4 Å². The molecule has 1 atom stereocenters. The molecule has 1 aromatic heterocycles. The summed E-state index contributed by atoms with van der Waals surface area (Å²) in [6, 6.07) is 13.0. The zero-order chi connectivity index (χ0) is 15.6. The summed E-state index contributed by atoms with van der Waals surface area (Å²) in [6.07, 6.45) is 1.49. The molecule has 0 aliphatic carbocycles. The maximum Gasteiger partial charge on any atom is 0.268 e. The molecule has 116 valence electrons. The molecule has 1 aromatic carbocycles. The van der Waals surface area contributed by atoms with Crippen molar-refractivity contribution in [2.45, 2.75) is 18.4 Å². The van der Waals surface area contributed by atoms with Gasteiger partial charge in [0.15, 0.2) is 0 Å². The van der Waals surface area contributed by atoms with E-state index in [2.05, 4.69) is 4.98 Å².